The van der Waals surface area contributed by atoms with Gasteiger partial charge < -0.3 is 10.6 Å². The van der Waals surface area contributed by atoms with Crippen LogP contribution in [0.2, 0.25) is 0 Å². The number of nitrogens with two attached hydrogens (primary N) is 1. The van der Waals surface area contributed by atoms with Crippen LogP contribution in [0.15, 0.2) is 48.5 Å². The number of nitrogens with zero attached hydrogens (tertiary/aromatic N) is 1. The largest absolute Gasteiger partial charge is 0.324 e. The number of fused-ring (bicyclic) bond motifs is 1. The van der Waals surface area contributed by atoms with Gasteiger partial charge in [-0.3, -0.25) is 4.79 Å². The summed E-state index contributed by atoms with van der Waals surface area (Å²) in [5, 5.41) is 0. The molecule has 1 aliphatic rings. The summed E-state index contributed by atoms with van der Waals surface area (Å²) in [5.41, 5.74) is 9.72. The van der Waals surface area contributed by atoms with Crippen LogP contribution in [0.5, 0.6) is 0 Å². The fourth-order valence-electron chi connectivity index (χ4n) is 2.42. The number of rotatable bonds is 2. The first-order chi connectivity index (χ1) is 9.16. The first-order valence-corrected chi connectivity index (χ1v) is 6.42. The van der Waals surface area contributed by atoms with Gasteiger partial charge in [-0.25, -0.2) is 0 Å². The lowest BCUT2D eigenvalue weighted by Gasteiger charge is -2.16. The number of hydrogen-bond donors (Lipinski definition) is 1. The second-order valence-corrected chi connectivity index (χ2v) is 4.93. The van der Waals surface area contributed by atoms with Crippen LogP contribution in [0.4, 0.5) is 5.69 Å². The highest BCUT2D eigenvalue weighted by atomic mass is 16.2. The molecule has 0 aromatic heterocycles. The number of carbonyl (C=O) groups is 1. The van der Waals surface area contributed by atoms with Gasteiger partial charge in [0, 0.05) is 17.3 Å². The average molecular weight is 252 g/mol. The highest BCUT2D eigenvalue weighted by Crippen LogP contribution is 2.28. The smallest absolute Gasteiger partial charge is 0.258 e. The summed E-state index contributed by atoms with van der Waals surface area (Å²) in [5.74, 6) is 0.0733. The third-order valence-corrected chi connectivity index (χ3v) is 3.55. The van der Waals surface area contributed by atoms with E-state index in [4.69, 9.17) is 5.73 Å². The Balaban J connectivity index is 1.91. The normalized spacial score (nSPS) is 15.5. The molecule has 0 spiro atoms. The minimum atomic E-state index is 0.0144. The predicted molar refractivity (Wildman–Crippen MR) is 76.0 cm³/mol. The molecule has 0 unspecified atom stereocenters. The number of hydrogen-bond acceptors (Lipinski definition) is 2. The molecular weight excluding hydrogens is 236 g/mol. The minimum Gasteiger partial charge on any atom is -0.324 e. The molecule has 96 valence electrons. The van der Waals surface area contributed by atoms with Gasteiger partial charge in [0.05, 0.1) is 6.54 Å². The quantitative estimate of drug-likeness (QED) is 0.893. The number of anilines is 1. The summed E-state index contributed by atoms with van der Waals surface area (Å²) in [6.07, 6.45) is 0. The molecule has 3 heteroatoms. The van der Waals surface area contributed by atoms with Gasteiger partial charge in [-0.05, 0) is 36.2 Å². The van der Waals surface area contributed by atoms with Crippen LogP contribution in [0.3, 0.4) is 0 Å². The molecule has 0 saturated carbocycles. The minimum absolute atomic E-state index is 0.0144. The molecular formula is C16H16N2O. The summed E-state index contributed by atoms with van der Waals surface area (Å²) in [7, 11) is 0. The zero-order chi connectivity index (χ0) is 13.4. The van der Waals surface area contributed by atoms with Crippen LogP contribution < -0.4 is 10.6 Å². The highest BCUT2D eigenvalue weighted by Gasteiger charge is 2.27. The molecule has 0 aliphatic carbocycles. The van der Waals surface area contributed by atoms with Crippen molar-refractivity contribution in [3.8, 4) is 0 Å². The van der Waals surface area contributed by atoms with Gasteiger partial charge in [0.2, 0.25) is 0 Å². The summed E-state index contributed by atoms with van der Waals surface area (Å²) in [4.78, 5) is 14.1. The fourth-order valence-corrected chi connectivity index (χ4v) is 2.42. The molecule has 0 saturated heterocycles. The van der Waals surface area contributed by atoms with Gasteiger partial charge >= 0.3 is 0 Å². The second kappa shape index (κ2) is 4.52. The third kappa shape index (κ3) is 2.02. The summed E-state index contributed by atoms with van der Waals surface area (Å²) < 4.78 is 0. The Kier molecular flexibility index (Phi) is 2.84. The van der Waals surface area contributed by atoms with E-state index in [2.05, 4.69) is 0 Å². The van der Waals surface area contributed by atoms with Gasteiger partial charge in [0.15, 0.2) is 0 Å². The highest BCUT2D eigenvalue weighted by molar-refractivity contribution is 6.09. The molecule has 2 N–H and O–H groups in total. The first kappa shape index (κ1) is 11.9. The van der Waals surface area contributed by atoms with E-state index >= 15 is 0 Å². The van der Waals surface area contributed by atoms with Crippen molar-refractivity contribution in [3.05, 3.63) is 65.2 Å². The van der Waals surface area contributed by atoms with Crippen LogP contribution in [-0.2, 0) is 6.54 Å². The Morgan fingerprint density at radius 3 is 2.42 bits per heavy atom. The van der Waals surface area contributed by atoms with Gasteiger partial charge in [0.25, 0.3) is 5.91 Å². The molecule has 2 aromatic carbocycles. The Morgan fingerprint density at radius 1 is 1.11 bits per heavy atom. The average Bonchev–Trinajstić information content (AvgIpc) is 2.77. The molecule has 1 aliphatic heterocycles. The van der Waals surface area contributed by atoms with Gasteiger partial charge in [-0.2, -0.15) is 0 Å². The van der Waals surface area contributed by atoms with E-state index < -0.39 is 0 Å². The Morgan fingerprint density at radius 2 is 1.79 bits per heavy atom. The Bertz CT molecular complexity index is 617. The van der Waals surface area contributed by atoms with Crippen LogP contribution in [0.25, 0.3) is 0 Å². The van der Waals surface area contributed by atoms with Crippen molar-refractivity contribution < 1.29 is 4.79 Å². The van der Waals surface area contributed by atoms with E-state index in [9.17, 15) is 4.79 Å². The van der Waals surface area contributed by atoms with Crippen LogP contribution in [0.1, 0.15) is 34.5 Å². The molecule has 0 fully saturated rings. The molecule has 19 heavy (non-hydrogen) atoms. The maximum atomic E-state index is 12.3. The van der Waals surface area contributed by atoms with Crippen LogP contribution in [0, 0.1) is 0 Å². The van der Waals surface area contributed by atoms with Crippen molar-refractivity contribution in [1.29, 1.82) is 0 Å². The predicted octanol–water partition coefficient (Wildman–Crippen LogP) is 2.87. The Hall–Kier alpha value is -2.13. The summed E-state index contributed by atoms with van der Waals surface area (Å²) in [6.45, 7) is 2.60. The third-order valence-electron chi connectivity index (χ3n) is 3.55. The number of amides is 1. The van der Waals surface area contributed by atoms with Crippen LogP contribution >= 0.6 is 0 Å². The van der Waals surface area contributed by atoms with Crippen molar-refractivity contribution in [3.63, 3.8) is 0 Å². The number of benzene rings is 2. The molecule has 0 radical (unpaired) electrons. The molecule has 1 atom stereocenters. The van der Waals surface area contributed by atoms with Gasteiger partial charge in [-0.1, -0.05) is 30.3 Å². The lowest BCUT2D eigenvalue weighted by molar-refractivity contribution is 0.0996. The van der Waals surface area contributed by atoms with Crippen molar-refractivity contribution >= 4 is 11.6 Å². The molecule has 2 aromatic rings. The maximum absolute atomic E-state index is 12.3. The second-order valence-electron chi connectivity index (χ2n) is 4.93. The first-order valence-electron chi connectivity index (χ1n) is 6.42. The van der Waals surface area contributed by atoms with E-state index in [1.165, 1.54) is 0 Å². The van der Waals surface area contributed by atoms with Gasteiger partial charge in [0.1, 0.15) is 0 Å². The zero-order valence-corrected chi connectivity index (χ0v) is 10.8. The van der Waals surface area contributed by atoms with Crippen molar-refractivity contribution in [2.75, 3.05) is 4.90 Å². The lowest BCUT2D eigenvalue weighted by Crippen LogP contribution is -2.23. The van der Waals surface area contributed by atoms with Crippen LogP contribution in [-0.4, -0.2) is 5.91 Å². The van der Waals surface area contributed by atoms with E-state index in [1.807, 2.05) is 55.5 Å². The van der Waals surface area contributed by atoms with Crippen molar-refractivity contribution in [2.24, 2.45) is 5.73 Å². The van der Waals surface area contributed by atoms with Crippen molar-refractivity contribution in [1.82, 2.24) is 0 Å². The summed E-state index contributed by atoms with van der Waals surface area (Å²) in [6, 6.07) is 15.7. The molecule has 1 amide bonds. The van der Waals surface area contributed by atoms with Gasteiger partial charge in [-0.15, -0.1) is 0 Å². The SMILES string of the molecule is C[C@@H](N)c1ccc(N2Cc3ccccc3C2=O)cc1. The molecule has 3 nitrogen and oxygen atoms in total. The van der Waals surface area contributed by atoms with E-state index in [0.717, 1.165) is 22.4 Å². The molecule has 3 rings (SSSR count). The monoisotopic (exact) mass is 252 g/mol. The van der Waals surface area contributed by atoms with E-state index in [1.54, 1.807) is 4.90 Å². The fraction of sp³-hybridized carbons (Fsp3) is 0.188. The Labute approximate surface area is 112 Å². The number of carbonyl (C=O) groups excluding carboxylic acids is 1. The summed E-state index contributed by atoms with van der Waals surface area (Å²) >= 11 is 0. The van der Waals surface area contributed by atoms with Crippen molar-refractivity contribution in [2.45, 2.75) is 19.5 Å². The topological polar surface area (TPSA) is 46.3 Å². The molecule has 1 heterocycles. The zero-order valence-electron chi connectivity index (χ0n) is 10.8. The van der Waals surface area contributed by atoms with E-state index in [0.29, 0.717) is 6.54 Å². The lowest BCUT2D eigenvalue weighted by atomic mass is 10.1. The van der Waals surface area contributed by atoms with E-state index in [-0.39, 0.29) is 11.9 Å². The standard InChI is InChI=1S/C16H16N2O/c1-11(17)12-6-8-14(9-7-12)18-10-13-4-2-3-5-15(13)16(18)19/h2-9,11H,10,17H2,1H3/t11-/m1/s1. The molecule has 0 bridgehead atoms. The maximum Gasteiger partial charge on any atom is 0.258 e.